The van der Waals surface area contributed by atoms with Crippen molar-refractivity contribution in [2.24, 2.45) is 5.92 Å². The minimum atomic E-state index is -1.08. The standard InChI is InChI=1S/C13H15Cl2NO3/c1-3-7(2)11(13(18)19)16-12(17)10-8(14)5-4-6-9(10)15/h4-7,11H,3H2,1-2H3,(H,16,17)(H,18,19). The molecule has 4 nitrogen and oxygen atoms in total. The summed E-state index contributed by atoms with van der Waals surface area (Å²) in [5.74, 6) is -1.85. The molecular formula is C13H15Cl2NO3. The van der Waals surface area contributed by atoms with Crippen molar-refractivity contribution < 1.29 is 14.7 Å². The fourth-order valence-corrected chi connectivity index (χ4v) is 2.18. The Kier molecular flexibility index (Phi) is 5.63. The van der Waals surface area contributed by atoms with Crippen molar-refractivity contribution in [3.63, 3.8) is 0 Å². The number of carboxylic acids is 1. The summed E-state index contributed by atoms with van der Waals surface area (Å²) in [6.45, 7) is 3.61. The number of amides is 1. The van der Waals surface area contributed by atoms with Gasteiger partial charge < -0.3 is 10.4 Å². The van der Waals surface area contributed by atoms with E-state index < -0.39 is 17.9 Å². The Labute approximate surface area is 121 Å². The summed E-state index contributed by atoms with van der Waals surface area (Å²) in [5.41, 5.74) is 0.0976. The van der Waals surface area contributed by atoms with Gasteiger partial charge in [0.2, 0.25) is 0 Å². The lowest BCUT2D eigenvalue weighted by atomic mass is 9.99. The molecular weight excluding hydrogens is 289 g/mol. The quantitative estimate of drug-likeness (QED) is 0.877. The van der Waals surface area contributed by atoms with E-state index in [4.69, 9.17) is 28.3 Å². The molecule has 2 N–H and O–H groups in total. The van der Waals surface area contributed by atoms with Gasteiger partial charge in [-0.05, 0) is 18.1 Å². The van der Waals surface area contributed by atoms with Crippen molar-refractivity contribution in [3.8, 4) is 0 Å². The predicted molar refractivity (Wildman–Crippen MR) is 74.8 cm³/mol. The van der Waals surface area contributed by atoms with Gasteiger partial charge in [0.15, 0.2) is 0 Å². The van der Waals surface area contributed by atoms with E-state index in [1.807, 2.05) is 6.92 Å². The van der Waals surface area contributed by atoms with Crippen LogP contribution in [0.25, 0.3) is 0 Å². The van der Waals surface area contributed by atoms with E-state index in [9.17, 15) is 9.59 Å². The molecule has 2 atom stereocenters. The van der Waals surface area contributed by atoms with Crippen molar-refractivity contribution in [3.05, 3.63) is 33.8 Å². The maximum absolute atomic E-state index is 12.1. The molecule has 0 saturated heterocycles. The topological polar surface area (TPSA) is 66.4 Å². The van der Waals surface area contributed by atoms with Crippen LogP contribution in [0.3, 0.4) is 0 Å². The van der Waals surface area contributed by atoms with Gasteiger partial charge in [-0.15, -0.1) is 0 Å². The molecule has 0 aliphatic carbocycles. The molecule has 0 aliphatic heterocycles. The summed E-state index contributed by atoms with van der Waals surface area (Å²) >= 11 is 11.8. The average molecular weight is 304 g/mol. The lowest BCUT2D eigenvalue weighted by molar-refractivity contribution is -0.140. The number of aliphatic carboxylic acids is 1. The van der Waals surface area contributed by atoms with E-state index in [0.717, 1.165) is 0 Å². The van der Waals surface area contributed by atoms with E-state index in [0.29, 0.717) is 6.42 Å². The van der Waals surface area contributed by atoms with Gasteiger partial charge in [0.05, 0.1) is 15.6 Å². The number of carboxylic acid groups (broad SMARTS) is 1. The second kappa shape index (κ2) is 6.78. The highest BCUT2D eigenvalue weighted by molar-refractivity contribution is 6.39. The van der Waals surface area contributed by atoms with E-state index in [-0.39, 0.29) is 21.5 Å². The molecule has 1 rings (SSSR count). The van der Waals surface area contributed by atoms with Crippen molar-refractivity contribution in [2.45, 2.75) is 26.3 Å². The van der Waals surface area contributed by atoms with Crippen molar-refractivity contribution in [1.29, 1.82) is 0 Å². The molecule has 1 aromatic rings. The van der Waals surface area contributed by atoms with Gasteiger partial charge in [-0.25, -0.2) is 4.79 Å². The zero-order chi connectivity index (χ0) is 14.6. The molecule has 1 aromatic carbocycles. The maximum Gasteiger partial charge on any atom is 0.326 e. The molecule has 0 heterocycles. The Morgan fingerprint density at radius 3 is 2.26 bits per heavy atom. The highest BCUT2D eigenvalue weighted by Crippen LogP contribution is 2.24. The highest BCUT2D eigenvalue weighted by atomic mass is 35.5. The number of halogens is 2. The lowest BCUT2D eigenvalue weighted by Gasteiger charge is -2.20. The zero-order valence-electron chi connectivity index (χ0n) is 10.6. The van der Waals surface area contributed by atoms with E-state index in [1.165, 1.54) is 12.1 Å². The van der Waals surface area contributed by atoms with Gasteiger partial charge in [-0.1, -0.05) is 49.5 Å². The molecule has 0 fully saturated rings. The van der Waals surface area contributed by atoms with Crippen LogP contribution in [-0.4, -0.2) is 23.0 Å². The van der Waals surface area contributed by atoms with Crippen molar-refractivity contribution in [1.82, 2.24) is 5.32 Å². The molecule has 0 radical (unpaired) electrons. The van der Waals surface area contributed by atoms with Crippen LogP contribution in [-0.2, 0) is 4.79 Å². The number of hydrogen-bond donors (Lipinski definition) is 2. The van der Waals surface area contributed by atoms with Crippen LogP contribution in [0, 0.1) is 5.92 Å². The van der Waals surface area contributed by atoms with Crippen LogP contribution in [0.15, 0.2) is 18.2 Å². The third-order valence-electron chi connectivity index (χ3n) is 2.96. The molecule has 6 heteroatoms. The Bertz CT molecular complexity index is 471. The summed E-state index contributed by atoms with van der Waals surface area (Å²) in [7, 11) is 0. The molecule has 0 aliphatic rings. The van der Waals surface area contributed by atoms with Crippen LogP contribution >= 0.6 is 23.2 Å². The molecule has 2 unspecified atom stereocenters. The average Bonchev–Trinajstić information content (AvgIpc) is 2.34. The van der Waals surface area contributed by atoms with E-state index in [2.05, 4.69) is 5.32 Å². The fourth-order valence-electron chi connectivity index (χ4n) is 1.61. The second-order valence-electron chi connectivity index (χ2n) is 4.27. The third-order valence-corrected chi connectivity index (χ3v) is 3.59. The molecule has 19 heavy (non-hydrogen) atoms. The number of benzene rings is 1. The highest BCUT2D eigenvalue weighted by Gasteiger charge is 2.27. The van der Waals surface area contributed by atoms with Crippen LogP contribution in [0.4, 0.5) is 0 Å². The number of nitrogens with one attached hydrogen (secondary N) is 1. The molecule has 0 spiro atoms. The number of carbonyl (C=O) groups is 2. The first-order chi connectivity index (χ1) is 8.88. The van der Waals surface area contributed by atoms with Gasteiger partial charge in [0.25, 0.3) is 5.91 Å². The SMILES string of the molecule is CCC(C)C(NC(=O)c1c(Cl)cccc1Cl)C(=O)O. The predicted octanol–water partition coefficient (Wildman–Crippen LogP) is 3.22. The van der Waals surface area contributed by atoms with E-state index in [1.54, 1.807) is 13.0 Å². The molecule has 0 aromatic heterocycles. The summed E-state index contributed by atoms with van der Waals surface area (Å²) in [6, 6.07) is 3.71. The van der Waals surface area contributed by atoms with Crippen molar-refractivity contribution >= 4 is 35.1 Å². The van der Waals surface area contributed by atoms with Crippen molar-refractivity contribution in [2.75, 3.05) is 0 Å². The largest absolute Gasteiger partial charge is 0.480 e. The van der Waals surface area contributed by atoms with Gasteiger partial charge >= 0.3 is 5.97 Å². The molecule has 104 valence electrons. The minimum Gasteiger partial charge on any atom is -0.480 e. The zero-order valence-corrected chi connectivity index (χ0v) is 12.1. The summed E-state index contributed by atoms with van der Waals surface area (Å²) < 4.78 is 0. The first-order valence-electron chi connectivity index (χ1n) is 5.86. The summed E-state index contributed by atoms with van der Waals surface area (Å²) in [6.07, 6.45) is 0.632. The maximum atomic E-state index is 12.1. The molecule has 0 saturated carbocycles. The Hall–Kier alpha value is -1.26. The van der Waals surface area contributed by atoms with Crippen LogP contribution in [0.2, 0.25) is 10.0 Å². The summed E-state index contributed by atoms with van der Waals surface area (Å²) in [5, 5.41) is 12.0. The number of rotatable bonds is 5. The number of carbonyl (C=O) groups excluding carboxylic acids is 1. The van der Waals surface area contributed by atoms with Gasteiger partial charge in [-0.2, -0.15) is 0 Å². The van der Waals surface area contributed by atoms with Gasteiger partial charge in [0.1, 0.15) is 6.04 Å². The van der Waals surface area contributed by atoms with Gasteiger partial charge in [-0.3, -0.25) is 4.79 Å². The lowest BCUT2D eigenvalue weighted by Crippen LogP contribution is -2.45. The minimum absolute atomic E-state index is 0.0976. The normalized spacial score (nSPS) is 13.7. The van der Waals surface area contributed by atoms with Crippen LogP contribution < -0.4 is 5.32 Å². The first kappa shape index (κ1) is 15.8. The fraction of sp³-hybridized carbons (Fsp3) is 0.385. The Balaban J connectivity index is 2.98. The molecule has 0 bridgehead atoms. The first-order valence-corrected chi connectivity index (χ1v) is 6.61. The van der Waals surface area contributed by atoms with Gasteiger partial charge in [0, 0.05) is 0 Å². The van der Waals surface area contributed by atoms with E-state index >= 15 is 0 Å². The second-order valence-corrected chi connectivity index (χ2v) is 5.09. The van der Waals surface area contributed by atoms with Crippen LogP contribution in [0.1, 0.15) is 30.6 Å². The third kappa shape index (κ3) is 3.85. The summed E-state index contributed by atoms with van der Waals surface area (Å²) in [4.78, 5) is 23.2. The Morgan fingerprint density at radius 2 is 1.84 bits per heavy atom. The monoisotopic (exact) mass is 303 g/mol. The number of hydrogen-bond acceptors (Lipinski definition) is 2. The van der Waals surface area contributed by atoms with Crippen LogP contribution in [0.5, 0.6) is 0 Å². The Morgan fingerprint density at radius 1 is 1.32 bits per heavy atom. The smallest absolute Gasteiger partial charge is 0.326 e. The molecule has 1 amide bonds.